The summed E-state index contributed by atoms with van der Waals surface area (Å²) < 4.78 is 16.3. The van der Waals surface area contributed by atoms with Gasteiger partial charge >= 0.3 is 11.9 Å². The molecular formula is C34H48O5. The van der Waals surface area contributed by atoms with Crippen LogP contribution in [-0.2, 0) is 20.7 Å². The second kappa shape index (κ2) is 19.9. The van der Waals surface area contributed by atoms with Crippen LogP contribution in [0.3, 0.4) is 0 Å². The van der Waals surface area contributed by atoms with Crippen LogP contribution in [0.25, 0.3) is 6.08 Å². The summed E-state index contributed by atoms with van der Waals surface area (Å²) in [5, 5.41) is 0. The Balaban J connectivity index is 2.02. The number of ether oxygens (including phenoxy) is 3. The quantitative estimate of drug-likeness (QED) is 0.125. The van der Waals surface area contributed by atoms with Gasteiger partial charge in [0, 0.05) is 12.0 Å². The molecule has 0 N–H and O–H groups in total. The monoisotopic (exact) mass is 536 g/mol. The molecule has 214 valence electrons. The normalized spacial score (nSPS) is 11.9. The lowest BCUT2D eigenvalue weighted by Gasteiger charge is -2.14. The van der Waals surface area contributed by atoms with E-state index in [1.165, 1.54) is 32.1 Å². The molecule has 0 heterocycles. The first kappa shape index (κ1) is 32.1. The van der Waals surface area contributed by atoms with E-state index < -0.39 is 0 Å². The molecule has 2 aromatic rings. The van der Waals surface area contributed by atoms with Gasteiger partial charge < -0.3 is 14.2 Å². The first-order valence-corrected chi connectivity index (χ1v) is 14.9. The minimum Gasteiger partial charge on any atom is -0.493 e. The van der Waals surface area contributed by atoms with Crippen molar-refractivity contribution in [3.63, 3.8) is 0 Å². The summed E-state index contributed by atoms with van der Waals surface area (Å²) in [6, 6.07) is 15.9. The molecule has 0 saturated carbocycles. The molecule has 0 radical (unpaired) electrons. The number of unbranched alkanes of at least 4 members (excludes halogenated alkanes) is 6. The molecule has 0 amide bonds. The van der Waals surface area contributed by atoms with E-state index in [-0.39, 0.29) is 17.9 Å². The molecule has 0 fully saturated rings. The van der Waals surface area contributed by atoms with E-state index in [4.69, 9.17) is 14.2 Å². The number of carbonyl (C=O) groups is 2. The minimum absolute atomic E-state index is 0.129. The third-order valence-corrected chi connectivity index (χ3v) is 6.70. The zero-order valence-corrected chi connectivity index (χ0v) is 24.3. The van der Waals surface area contributed by atoms with Crippen LogP contribution in [0.15, 0.2) is 54.6 Å². The maximum absolute atomic E-state index is 12.0. The molecule has 0 bridgehead atoms. The Bertz CT molecular complexity index is 979. The van der Waals surface area contributed by atoms with Gasteiger partial charge in [-0.1, -0.05) is 87.9 Å². The fourth-order valence-corrected chi connectivity index (χ4v) is 4.52. The summed E-state index contributed by atoms with van der Waals surface area (Å²) in [5.74, 6) is 0.780. The summed E-state index contributed by atoms with van der Waals surface area (Å²) in [5.41, 5.74) is 2.81. The van der Waals surface area contributed by atoms with Gasteiger partial charge in [0.05, 0.1) is 25.4 Å². The fourth-order valence-electron chi connectivity index (χ4n) is 4.52. The Hall–Kier alpha value is -3.08. The minimum atomic E-state index is -0.294. The van der Waals surface area contributed by atoms with E-state index in [0.29, 0.717) is 25.2 Å². The highest BCUT2D eigenvalue weighted by Gasteiger charge is 2.11. The van der Waals surface area contributed by atoms with Gasteiger partial charge in [-0.05, 0) is 69.2 Å². The molecule has 1 atom stereocenters. The van der Waals surface area contributed by atoms with Crippen molar-refractivity contribution in [2.24, 2.45) is 5.92 Å². The van der Waals surface area contributed by atoms with Crippen LogP contribution in [0.4, 0.5) is 0 Å². The molecule has 0 saturated heterocycles. The van der Waals surface area contributed by atoms with Crippen molar-refractivity contribution in [1.82, 2.24) is 0 Å². The van der Waals surface area contributed by atoms with Crippen LogP contribution in [0.1, 0.15) is 106 Å². The zero-order chi connectivity index (χ0) is 28.1. The molecule has 0 aliphatic rings. The number of hydrogen-bond acceptors (Lipinski definition) is 5. The smallest absolute Gasteiger partial charge is 0.338 e. The predicted molar refractivity (Wildman–Crippen MR) is 159 cm³/mol. The number of hydrogen-bond donors (Lipinski definition) is 0. The van der Waals surface area contributed by atoms with Gasteiger partial charge in [-0.15, -0.1) is 0 Å². The Morgan fingerprint density at radius 3 is 2.26 bits per heavy atom. The van der Waals surface area contributed by atoms with Crippen LogP contribution in [-0.4, -0.2) is 31.8 Å². The summed E-state index contributed by atoms with van der Waals surface area (Å²) >= 11 is 0. The van der Waals surface area contributed by atoms with E-state index in [1.54, 1.807) is 0 Å². The highest BCUT2D eigenvalue weighted by molar-refractivity contribution is 5.89. The lowest BCUT2D eigenvalue weighted by atomic mass is 9.92. The average molecular weight is 537 g/mol. The van der Waals surface area contributed by atoms with E-state index in [1.807, 2.05) is 56.3 Å². The van der Waals surface area contributed by atoms with Crippen molar-refractivity contribution in [3.8, 4) is 5.75 Å². The van der Waals surface area contributed by atoms with Crippen LogP contribution in [0.2, 0.25) is 0 Å². The molecule has 0 spiro atoms. The summed E-state index contributed by atoms with van der Waals surface area (Å²) in [4.78, 5) is 23.8. The van der Waals surface area contributed by atoms with E-state index in [0.717, 1.165) is 55.6 Å². The maximum atomic E-state index is 12.0. The molecule has 0 aromatic heterocycles. The third-order valence-electron chi connectivity index (χ3n) is 6.70. The van der Waals surface area contributed by atoms with Crippen molar-refractivity contribution in [3.05, 3.63) is 71.3 Å². The SMILES string of the molecule is CCCCCCCCOc1ccccc1C=CC(CCCCC(=O)OCC)Cc1ccc(C(=O)OCC)cc1. The zero-order valence-electron chi connectivity index (χ0n) is 24.3. The molecule has 5 heteroatoms. The van der Waals surface area contributed by atoms with Crippen molar-refractivity contribution >= 4 is 18.0 Å². The van der Waals surface area contributed by atoms with Crippen LogP contribution >= 0.6 is 0 Å². The van der Waals surface area contributed by atoms with E-state index in [9.17, 15) is 9.59 Å². The van der Waals surface area contributed by atoms with Crippen LogP contribution in [0, 0.1) is 5.92 Å². The largest absolute Gasteiger partial charge is 0.493 e. The van der Waals surface area contributed by atoms with Gasteiger partial charge in [-0.3, -0.25) is 4.79 Å². The van der Waals surface area contributed by atoms with E-state index in [2.05, 4.69) is 25.1 Å². The predicted octanol–water partition coefficient (Wildman–Crippen LogP) is 8.60. The van der Waals surface area contributed by atoms with Crippen molar-refractivity contribution in [2.45, 2.75) is 91.4 Å². The Morgan fingerprint density at radius 1 is 0.795 bits per heavy atom. The number of rotatable bonds is 20. The van der Waals surface area contributed by atoms with Gasteiger partial charge in [0.25, 0.3) is 0 Å². The fraction of sp³-hybridized carbons (Fsp3) is 0.529. The lowest BCUT2D eigenvalue weighted by molar-refractivity contribution is -0.143. The molecule has 0 aliphatic heterocycles. The number of carbonyl (C=O) groups excluding carboxylic acids is 2. The number of allylic oxidation sites excluding steroid dienone is 1. The number of para-hydroxylation sites is 1. The van der Waals surface area contributed by atoms with Crippen molar-refractivity contribution in [2.75, 3.05) is 19.8 Å². The van der Waals surface area contributed by atoms with E-state index >= 15 is 0 Å². The van der Waals surface area contributed by atoms with Gasteiger partial charge in [-0.25, -0.2) is 4.79 Å². The van der Waals surface area contributed by atoms with Crippen LogP contribution in [0.5, 0.6) is 5.75 Å². The average Bonchev–Trinajstić information content (AvgIpc) is 2.94. The molecule has 5 nitrogen and oxygen atoms in total. The Kier molecular flexibility index (Phi) is 16.4. The molecule has 2 aromatic carbocycles. The molecular weight excluding hydrogens is 488 g/mol. The number of esters is 2. The van der Waals surface area contributed by atoms with Crippen molar-refractivity contribution < 1.29 is 23.8 Å². The number of benzene rings is 2. The molecule has 2 rings (SSSR count). The second-order valence-electron chi connectivity index (χ2n) is 9.95. The summed E-state index contributed by atoms with van der Waals surface area (Å²) in [6.07, 6.45) is 15.9. The highest BCUT2D eigenvalue weighted by Crippen LogP contribution is 2.24. The van der Waals surface area contributed by atoms with Crippen molar-refractivity contribution in [1.29, 1.82) is 0 Å². The van der Waals surface area contributed by atoms with Gasteiger partial charge in [-0.2, -0.15) is 0 Å². The Morgan fingerprint density at radius 2 is 1.51 bits per heavy atom. The lowest BCUT2D eigenvalue weighted by Crippen LogP contribution is -2.06. The Labute approximate surface area is 235 Å². The molecule has 39 heavy (non-hydrogen) atoms. The molecule has 1 unspecified atom stereocenters. The second-order valence-corrected chi connectivity index (χ2v) is 9.95. The van der Waals surface area contributed by atoms with Gasteiger partial charge in [0.2, 0.25) is 0 Å². The molecule has 0 aliphatic carbocycles. The standard InChI is InChI=1S/C34H48O5/c1-4-7-8-9-10-15-26-39-32-18-13-12-17-30(32)23-20-28(16-11-14-19-33(35)37-5-2)27-29-21-24-31(25-22-29)34(36)38-6-3/h12-13,17-18,20-25,28H,4-11,14-16,19,26-27H2,1-3H3. The maximum Gasteiger partial charge on any atom is 0.338 e. The van der Waals surface area contributed by atoms with Crippen LogP contribution < -0.4 is 4.74 Å². The topological polar surface area (TPSA) is 61.8 Å². The van der Waals surface area contributed by atoms with Gasteiger partial charge in [0.15, 0.2) is 0 Å². The highest BCUT2D eigenvalue weighted by atomic mass is 16.5. The summed E-state index contributed by atoms with van der Waals surface area (Å²) in [7, 11) is 0. The first-order valence-electron chi connectivity index (χ1n) is 14.9. The third kappa shape index (κ3) is 13.5. The first-order chi connectivity index (χ1) is 19.1. The summed E-state index contributed by atoms with van der Waals surface area (Å²) in [6.45, 7) is 7.41. The van der Waals surface area contributed by atoms with Gasteiger partial charge in [0.1, 0.15) is 5.75 Å².